The normalized spacial score (nSPS) is 10.6. The number of rotatable bonds is 2. The molecule has 0 saturated heterocycles. The van der Waals surface area contributed by atoms with Gasteiger partial charge < -0.3 is 0 Å². The Labute approximate surface area is 129 Å². The summed E-state index contributed by atoms with van der Waals surface area (Å²) in [5, 5.41) is 0.162. The second-order valence-electron chi connectivity index (χ2n) is 3.68. The summed E-state index contributed by atoms with van der Waals surface area (Å²) in [5.74, 6) is -2.19. The van der Waals surface area contributed by atoms with Crippen molar-refractivity contribution in [3.8, 4) is 0 Å². The fourth-order valence-corrected chi connectivity index (χ4v) is 2.41. The fraction of sp³-hybridized carbons (Fsp3) is 0. The van der Waals surface area contributed by atoms with Gasteiger partial charge in [-0.25, -0.2) is 8.78 Å². The summed E-state index contributed by atoms with van der Waals surface area (Å²) in [6, 6.07) is 6.45. The van der Waals surface area contributed by atoms with E-state index >= 15 is 0 Å². The molecular weight excluding hydrogens is 405 g/mol. The number of benzene rings is 2. The Balaban J connectivity index is 2.56. The molecule has 0 atom stereocenters. The van der Waals surface area contributed by atoms with E-state index in [0.29, 0.717) is 4.47 Å². The van der Waals surface area contributed by atoms with Crippen molar-refractivity contribution in [2.45, 2.75) is 0 Å². The van der Waals surface area contributed by atoms with Crippen LogP contribution < -0.4 is 0 Å². The minimum atomic E-state index is -0.811. The van der Waals surface area contributed by atoms with Gasteiger partial charge in [0.1, 0.15) is 11.6 Å². The van der Waals surface area contributed by atoms with E-state index in [4.69, 9.17) is 11.6 Å². The van der Waals surface area contributed by atoms with Crippen molar-refractivity contribution in [2.24, 2.45) is 0 Å². The molecule has 6 heteroatoms. The Morgan fingerprint density at radius 2 is 1.68 bits per heavy atom. The number of hydrogen-bond donors (Lipinski definition) is 0. The second-order valence-corrected chi connectivity index (χ2v) is 5.76. The number of halogens is 5. The first kappa shape index (κ1) is 14.6. The molecule has 2 aromatic rings. The van der Waals surface area contributed by atoms with E-state index in [1.54, 1.807) is 12.1 Å². The van der Waals surface area contributed by atoms with Crippen LogP contribution in [0.15, 0.2) is 39.3 Å². The van der Waals surface area contributed by atoms with Gasteiger partial charge in [-0.3, -0.25) is 4.79 Å². The molecule has 0 aromatic heterocycles. The van der Waals surface area contributed by atoms with Gasteiger partial charge in [-0.05, 0) is 56.1 Å². The first-order valence-corrected chi connectivity index (χ1v) is 7.01. The summed E-state index contributed by atoms with van der Waals surface area (Å²) >= 11 is 12.0. The molecule has 0 amide bonds. The molecule has 2 rings (SSSR count). The maximum Gasteiger partial charge on any atom is 0.197 e. The third-order valence-corrected chi connectivity index (χ3v) is 4.35. The SMILES string of the molecule is O=C(c1cc(F)c(Br)cc1F)c1cccc(Br)c1Cl. The predicted molar refractivity (Wildman–Crippen MR) is 76.6 cm³/mol. The number of hydrogen-bond acceptors (Lipinski definition) is 1. The Morgan fingerprint density at radius 3 is 2.37 bits per heavy atom. The van der Waals surface area contributed by atoms with Crippen LogP contribution in [0.1, 0.15) is 15.9 Å². The van der Waals surface area contributed by atoms with E-state index in [0.717, 1.165) is 12.1 Å². The Hall–Kier alpha value is -0.780. The zero-order valence-electron chi connectivity index (χ0n) is 9.18. The zero-order valence-corrected chi connectivity index (χ0v) is 13.1. The van der Waals surface area contributed by atoms with E-state index in [1.165, 1.54) is 6.07 Å². The molecule has 0 aliphatic rings. The largest absolute Gasteiger partial charge is 0.288 e. The summed E-state index contributed by atoms with van der Waals surface area (Å²) in [4.78, 5) is 12.2. The van der Waals surface area contributed by atoms with Crippen molar-refractivity contribution in [3.63, 3.8) is 0 Å². The molecule has 0 unspecified atom stereocenters. The molecule has 0 aliphatic heterocycles. The highest BCUT2D eigenvalue weighted by Gasteiger charge is 2.19. The molecule has 0 radical (unpaired) electrons. The van der Waals surface area contributed by atoms with Crippen molar-refractivity contribution in [1.29, 1.82) is 0 Å². The van der Waals surface area contributed by atoms with Gasteiger partial charge >= 0.3 is 0 Å². The molecule has 0 spiro atoms. The Bertz CT molecular complexity index is 674. The van der Waals surface area contributed by atoms with Crippen LogP contribution in [-0.2, 0) is 0 Å². The topological polar surface area (TPSA) is 17.1 Å². The smallest absolute Gasteiger partial charge is 0.197 e. The molecule has 1 nitrogen and oxygen atoms in total. The van der Waals surface area contributed by atoms with Crippen LogP contribution >= 0.6 is 43.5 Å². The van der Waals surface area contributed by atoms with Gasteiger partial charge in [0.2, 0.25) is 0 Å². The summed E-state index contributed by atoms with van der Waals surface area (Å²) in [7, 11) is 0. The molecule has 0 aliphatic carbocycles. The molecule has 0 bridgehead atoms. The van der Waals surface area contributed by atoms with Crippen LogP contribution in [0.2, 0.25) is 5.02 Å². The quantitative estimate of drug-likeness (QED) is 0.480. The average Bonchev–Trinajstić information content (AvgIpc) is 2.36. The lowest BCUT2D eigenvalue weighted by Crippen LogP contribution is -2.06. The van der Waals surface area contributed by atoms with Crippen LogP contribution in [0.5, 0.6) is 0 Å². The highest BCUT2D eigenvalue weighted by molar-refractivity contribution is 9.10. The number of carbonyl (C=O) groups excluding carboxylic acids is 1. The van der Waals surface area contributed by atoms with Gasteiger partial charge in [0.25, 0.3) is 0 Å². The van der Waals surface area contributed by atoms with Gasteiger partial charge in [-0.15, -0.1) is 0 Å². The summed E-state index contributed by atoms with van der Waals surface area (Å²) in [6.07, 6.45) is 0. The van der Waals surface area contributed by atoms with E-state index in [9.17, 15) is 13.6 Å². The molecule has 2 aromatic carbocycles. The van der Waals surface area contributed by atoms with Gasteiger partial charge in [0, 0.05) is 10.0 Å². The standard InChI is InChI=1S/C13H5Br2ClF2O/c14-8-3-1-2-6(12(8)16)13(19)7-4-11(18)9(15)5-10(7)17/h1-5H. The van der Waals surface area contributed by atoms with Crippen LogP contribution in [0, 0.1) is 11.6 Å². The van der Waals surface area contributed by atoms with E-state index in [2.05, 4.69) is 31.9 Å². The molecule has 0 saturated carbocycles. The fourth-order valence-electron chi connectivity index (χ4n) is 1.52. The van der Waals surface area contributed by atoms with Crippen molar-refractivity contribution >= 4 is 49.2 Å². The predicted octanol–water partition coefficient (Wildman–Crippen LogP) is 5.37. The first-order valence-electron chi connectivity index (χ1n) is 5.05. The van der Waals surface area contributed by atoms with Gasteiger partial charge in [-0.2, -0.15) is 0 Å². The van der Waals surface area contributed by atoms with Crippen molar-refractivity contribution in [1.82, 2.24) is 0 Å². The van der Waals surface area contributed by atoms with Gasteiger partial charge in [-0.1, -0.05) is 17.7 Å². The minimum absolute atomic E-state index is 0.0399. The van der Waals surface area contributed by atoms with E-state index < -0.39 is 17.4 Å². The van der Waals surface area contributed by atoms with Crippen LogP contribution in [0.3, 0.4) is 0 Å². The lowest BCUT2D eigenvalue weighted by molar-refractivity contribution is 0.103. The maximum absolute atomic E-state index is 13.7. The molecular formula is C13H5Br2ClF2O. The van der Waals surface area contributed by atoms with E-state index in [-0.39, 0.29) is 20.6 Å². The summed E-state index contributed by atoms with van der Waals surface area (Å²) < 4.78 is 27.6. The lowest BCUT2D eigenvalue weighted by Gasteiger charge is -2.07. The van der Waals surface area contributed by atoms with Crippen LogP contribution in [0.4, 0.5) is 8.78 Å². The molecule has 0 fully saturated rings. The molecule has 98 valence electrons. The zero-order chi connectivity index (χ0) is 14.2. The summed E-state index contributed by atoms with van der Waals surface area (Å²) in [6.45, 7) is 0. The van der Waals surface area contributed by atoms with Crippen molar-refractivity contribution in [2.75, 3.05) is 0 Å². The van der Waals surface area contributed by atoms with Crippen molar-refractivity contribution < 1.29 is 13.6 Å². The Kier molecular flexibility index (Phi) is 4.38. The highest BCUT2D eigenvalue weighted by Crippen LogP contribution is 2.29. The monoisotopic (exact) mass is 408 g/mol. The Morgan fingerprint density at radius 1 is 1.00 bits per heavy atom. The number of carbonyl (C=O) groups is 1. The first-order chi connectivity index (χ1) is 8.91. The number of ketones is 1. The average molecular weight is 410 g/mol. The minimum Gasteiger partial charge on any atom is -0.288 e. The molecule has 19 heavy (non-hydrogen) atoms. The van der Waals surface area contributed by atoms with Crippen LogP contribution in [0.25, 0.3) is 0 Å². The van der Waals surface area contributed by atoms with Gasteiger partial charge in [0.15, 0.2) is 5.78 Å². The van der Waals surface area contributed by atoms with Crippen LogP contribution in [-0.4, -0.2) is 5.78 Å². The summed E-state index contributed by atoms with van der Waals surface area (Å²) in [5.41, 5.74) is -0.252. The van der Waals surface area contributed by atoms with Crippen molar-refractivity contribution in [3.05, 3.63) is 67.1 Å². The van der Waals surface area contributed by atoms with Gasteiger partial charge in [0.05, 0.1) is 15.1 Å². The second kappa shape index (κ2) is 5.69. The van der Waals surface area contributed by atoms with E-state index in [1.807, 2.05) is 0 Å². The molecule has 0 heterocycles. The molecule has 0 N–H and O–H groups in total. The third-order valence-electron chi connectivity index (χ3n) is 2.45. The third kappa shape index (κ3) is 2.88. The maximum atomic E-state index is 13.7. The lowest BCUT2D eigenvalue weighted by atomic mass is 10.0. The highest BCUT2D eigenvalue weighted by atomic mass is 79.9.